The van der Waals surface area contributed by atoms with E-state index < -0.39 is 0 Å². The summed E-state index contributed by atoms with van der Waals surface area (Å²) in [5, 5.41) is 0.549. The van der Waals surface area contributed by atoms with Crippen molar-refractivity contribution >= 4 is 11.6 Å². The zero-order valence-corrected chi connectivity index (χ0v) is 22.8. The van der Waals surface area contributed by atoms with Crippen molar-refractivity contribution in [3.05, 3.63) is 94.8 Å². The molecule has 0 amide bonds. The number of nitrogens with zero attached hydrogens (tertiary/aromatic N) is 3. The molecule has 0 unspecified atom stereocenters. The Morgan fingerprint density at radius 3 is 2.39 bits per heavy atom. The van der Waals surface area contributed by atoms with Gasteiger partial charge in [-0.2, -0.15) is 0 Å². The number of halogens is 1. The fraction of sp³-hybridized carbons (Fsp3) is 0.323. The molecule has 198 valence electrons. The van der Waals surface area contributed by atoms with E-state index in [0.717, 1.165) is 59.4 Å². The molecule has 2 heterocycles. The lowest BCUT2D eigenvalue weighted by Gasteiger charge is -2.25. The summed E-state index contributed by atoms with van der Waals surface area (Å²) >= 11 is 6.83. The van der Waals surface area contributed by atoms with Gasteiger partial charge in [-0.3, -0.25) is 4.90 Å². The largest absolute Gasteiger partial charge is 0.494 e. The maximum atomic E-state index is 6.83. The van der Waals surface area contributed by atoms with Gasteiger partial charge in [0.1, 0.15) is 24.8 Å². The molecule has 1 aliphatic heterocycles. The molecule has 0 bridgehead atoms. The van der Waals surface area contributed by atoms with Gasteiger partial charge in [-0.25, -0.2) is 4.98 Å². The molecule has 0 saturated heterocycles. The van der Waals surface area contributed by atoms with E-state index in [-0.39, 0.29) is 0 Å². The van der Waals surface area contributed by atoms with E-state index >= 15 is 0 Å². The summed E-state index contributed by atoms with van der Waals surface area (Å²) < 4.78 is 19.6. The van der Waals surface area contributed by atoms with Gasteiger partial charge in [0, 0.05) is 31.7 Å². The first-order valence-corrected chi connectivity index (χ1v) is 13.6. The fourth-order valence-electron chi connectivity index (χ4n) is 4.86. The molecule has 1 aromatic heterocycles. The molecule has 0 atom stereocenters. The molecular formula is C31H34ClN3O3. The number of fused-ring (bicyclic) bond motifs is 1. The molecule has 6 nitrogen and oxygen atoms in total. The van der Waals surface area contributed by atoms with Crippen LogP contribution in [0.25, 0.3) is 11.4 Å². The summed E-state index contributed by atoms with van der Waals surface area (Å²) in [6, 6.07) is 24.7. The number of imidazole rings is 1. The number of benzene rings is 3. The number of ether oxygens (including phenoxy) is 3. The highest BCUT2D eigenvalue weighted by molar-refractivity contribution is 6.30. The maximum Gasteiger partial charge on any atom is 0.161 e. The molecule has 0 saturated carbocycles. The van der Waals surface area contributed by atoms with Crippen molar-refractivity contribution in [1.82, 2.24) is 14.5 Å². The number of hydrogen-bond donors (Lipinski definition) is 0. The molecule has 3 aromatic carbocycles. The molecule has 4 aromatic rings. The van der Waals surface area contributed by atoms with E-state index in [2.05, 4.69) is 52.8 Å². The predicted octanol–water partition coefficient (Wildman–Crippen LogP) is 6.99. The minimum absolute atomic E-state index is 0.549. The zero-order valence-electron chi connectivity index (χ0n) is 22.0. The highest BCUT2D eigenvalue weighted by atomic mass is 35.5. The van der Waals surface area contributed by atoms with Crippen LogP contribution in [0.3, 0.4) is 0 Å². The van der Waals surface area contributed by atoms with Crippen LogP contribution in [0.5, 0.6) is 17.2 Å². The fourth-order valence-corrected chi connectivity index (χ4v) is 5.10. The zero-order chi connectivity index (χ0) is 26.3. The van der Waals surface area contributed by atoms with Gasteiger partial charge in [0.25, 0.3) is 0 Å². The molecule has 0 aliphatic carbocycles. The Balaban J connectivity index is 1.48. The van der Waals surface area contributed by atoms with Crippen LogP contribution in [0.2, 0.25) is 5.15 Å². The van der Waals surface area contributed by atoms with E-state index in [1.165, 1.54) is 5.56 Å². The molecule has 0 N–H and O–H groups in total. The van der Waals surface area contributed by atoms with Crippen LogP contribution in [0, 0.1) is 0 Å². The summed E-state index contributed by atoms with van der Waals surface area (Å²) in [6.45, 7) is 8.90. The molecule has 0 fully saturated rings. The Labute approximate surface area is 229 Å². The summed E-state index contributed by atoms with van der Waals surface area (Å²) in [7, 11) is 0. The number of rotatable bonds is 11. The monoisotopic (exact) mass is 531 g/mol. The third-order valence-electron chi connectivity index (χ3n) is 6.50. The summed E-state index contributed by atoms with van der Waals surface area (Å²) in [6.07, 6.45) is 0.984. The van der Waals surface area contributed by atoms with Crippen molar-refractivity contribution in [3.8, 4) is 28.6 Å². The van der Waals surface area contributed by atoms with Gasteiger partial charge in [0.05, 0.1) is 12.3 Å². The van der Waals surface area contributed by atoms with Crippen LogP contribution in [0.15, 0.2) is 72.8 Å². The standard InChI is InChI=1S/C31H34ClN3O3/c1-3-15-35-27(30(32)33-31(35)25-10-6-5-7-11-25)22-34(20-23-9-8-12-26(18-23)36-4-2)21-24-13-14-28-29(19-24)38-17-16-37-28/h5-14,18-19H,3-4,15-17,20-22H2,1-2H3. The average Bonchev–Trinajstić information content (AvgIpc) is 3.24. The first kappa shape index (κ1) is 26.1. The first-order valence-electron chi connectivity index (χ1n) is 13.3. The van der Waals surface area contributed by atoms with Gasteiger partial charge in [-0.05, 0) is 48.7 Å². The van der Waals surface area contributed by atoms with Gasteiger partial charge < -0.3 is 18.8 Å². The Hall–Kier alpha value is -3.48. The molecule has 0 spiro atoms. The third-order valence-corrected chi connectivity index (χ3v) is 6.81. The normalized spacial score (nSPS) is 12.6. The van der Waals surface area contributed by atoms with Gasteiger partial charge in [0.2, 0.25) is 0 Å². The lowest BCUT2D eigenvalue weighted by atomic mass is 10.1. The average molecular weight is 532 g/mol. The van der Waals surface area contributed by atoms with Crippen LogP contribution in [0.4, 0.5) is 0 Å². The second-order valence-electron chi connectivity index (χ2n) is 9.39. The minimum atomic E-state index is 0.549. The summed E-state index contributed by atoms with van der Waals surface area (Å²) in [5.41, 5.74) is 4.41. The Bertz CT molecular complexity index is 1360. The summed E-state index contributed by atoms with van der Waals surface area (Å²) in [5.74, 6) is 3.38. The Morgan fingerprint density at radius 1 is 0.868 bits per heavy atom. The minimum Gasteiger partial charge on any atom is -0.494 e. The van der Waals surface area contributed by atoms with Crippen LogP contribution >= 0.6 is 11.6 Å². The van der Waals surface area contributed by atoms with Gasteiger partial charge in [-0.1, -0.05) is 67.1 Å². The first-order chi connectivity index (χ1) is 18.6. The molecule has 38 heavy (non-hydrogen) atoms. The van der Waals surface area contributed by atoms with E-state index in [4.69, 9.17) is 30.8 Å². The molecule has 7 heteroatoms. The van der Waals surface area contributed by atoms with Crippen LogP contribution in [0.1, 0.15) is 37.1 Å². The van der Waals surface area contributed by atoms with Crippen LogP contribution in [-0.4, -0.2) is 34.3 Å². The van der Waals surface area contributed by atoms with Gasteiger partial charge >= 0.3 is 0 Å². The van der Waals surface area contributed by atoms with Crippen molar-refractivity contribution in [2.45, 2.75) is 46.4 Å². The van der Waals surface area contributed by atoms with E-state index in [1.807, 2.05) is 43.3 Å². The number of hydrogen-bond acceptors (Lipinski definition) is 5. The van der Waals surface area contributed by atoms with Crippen molar-refractivity contribution in [2.75, 3.05) is 19.8 Å². The molecule has 1 aliphatic rings. The second kappa shape index (κ2) is 12.4. The second-order valence-corrected chi connectivity index (χ2v) is 9.75. The third kappa shape index (κ3) is 6.14. The quantitative estimate of drug-likeness (QED) is 0.209. The SMILES string of the molecule is CCCn1c(-c2ccccc2)nc(Cl)c1CN(Cc1cccc(OCC)c1)Cc1ccc2c(c1)OCCO2. The van der Waals surface area contributed by atoms with Crippen molar-refractivity contribution in [3.63, 3.8) is 0 Å². The van der Waals surface area contributed by atoms with Gasteiger partial charge in [-0.15, -0.1) is 0 Å². The predicted molar refractivity (Wildman–Crippen MR) is 151 cm³/mol. The maximum absolute atomic E-state index is 6.83. The molecule has 0 radical (unpaired) electrons. The summed E-state index contributed by atoms with van der Waals surface area (Å²) in [4.78, 5) is 7.20. The van der Waals surface area contributed by atoms with E-state index in [9.17, 15) is 0 Å². The van der Waals surface area contributed by atoms with E-state index in [0.29, 0.717) is 38.1 Å². The van der Waals surface area contributed by atoms with Crippen LogP contribution < -0.4 is 14.2 Å². The molecule has 5 rings (SSSR count). The highest BCUT2D eigenvalue weighted by Gasteiger charge is 2.21. The lowest BCUT2D eigenvalue weighted by molar-refractivity contribution is 0.170. The smallest absolute Gasteiger partial charge is 0.161 e. The van der Waals surface area contributed by atoms with Gasteiger partial charge in [0.15, 0.2) is 16.7 Å². The molecular weight excluding hydrogens is 498 g/mol. The topological polar surface area (TPSA) is 48.8 Å². The Kier molecular flexibility index (Phi) is 8.51. The van der Waals surface area contributed by atoms with Crippen LogP contribution in [-0.2, 0) is 26.2 Å². The van der Waals surface area contributed by atoms with Crippen molar-refractivity contribution < 1.29 is 14.2 Å². The van der Waals surface area contributed by atoms with E-state index in [1.54, 1.807) is 0 Å². The van der Waals surface area contributed by atoms with Crippen molar-refractivity contribution in [2.24, 2.45) is 0 Å². The number of aromatic nitrogens is 2. The highest BCUT2D eigenvalue weighted by Crippen LogP contribution is 2.32. The Morgan fingerprint density at radius 2 is 1.63 bits per heavy atom. The van der Waals surface area contributed by atoms with Crippen molar-refractivity contribution in [1.29, 1.82) is 0 Å². The lowest BCUT2D eigenvalue weighted by Crippen LogP contribution is -2.24.